The molecule has 5 heteroatoms. The molecule has 2 amide bonds. The Morgan fingerprint density at radius 3 is 2.16 bits per heavy atom. The van der Waals surface area contributed by atoms with E-state index in [4.69, 9.17) is 0 Å². The lowest BCUT2D eigenvalue weighted by molar-refractivity contribution is -0.122. The van der Waals surface area contributed by atoms with Gasteiger partial charge in [0.05, 0.1) is 6.54 Å². The van der Waals surface area contributed by atoms with Gasteiger partial charge in [0.1, 0.15) is 0 Å². The fraction of sp³-hybridized carbons (Fsp3) is 0.600. The molecule has 1 aromatic carbocycles. The van der Waals surface area contributed by atoms with Crippen LogP contribution < -0.4 is 5.32 Å². The van der Waals surface area contributed by atoms with Crippen molar-refractivity contribution < 1.29 is 9.59 Å². The molecule has 2 rings (SSSR count). The van der Waals surface area contributed by atoms with Gasteiger partial charge in [0.15, 0.2) is 0 Å². The zero-order valence-electron chi connectivity index (χ0n) is 16.0. The Morgan fingerprint density at radius 1 is 1.04 bits per heavy atom. The van der Waals surface area contributed by atoms with Crippen LogP contribution in [0.2, 0.25) is 0 Å². The molecule has 1 heterocycles. The van der Waals surface area contributed by atoms with Crippen LogP contribution in [0.25, 0.3) is 0 Å². The van der Waals surface area contributed by atoms with Crippen molar-refractivity contribution in [3.05, 3.63) is 35.4 Å². The van der Waals surface area contributed by atoms with Gasteiger partial charge in [-0.3, -0.25) is 14.5 Å². The van der Waals surface area contributed by atoms with E-state index in [1.165, 1.54) is 5.56 Å². The highest BCUT2D eigenvalue weighted by atomic mass is 16.2. The lowest BCUT2D eigenvalue weighted by atomic mass is 9.86. The molecule has 1 saturated heterocycles. The summed E-state index contributed by atoms with van der Waals surface area (Å²) >= 11 is 0. The first kappa shape index (κ1) is 19.4. The van der Waals surface area contributed by atoms with Crippen molar-refractivity contribution in [2.45, 2.75) is 39.5 Å². The van der Waals surface area contributed by atoms with E-state index in [1.54, 1.807) is 0 Å². The molecule has 1 aromatic rings. The molecule has 138 valence electrons. The average Bonchev–Trinajstić information content (AvgIpc) is 2.59. The lowest BCUT2D eigenvalue weighted by Crippen LogP contribution is -2.51. The first-order valence-electron chi connectivity index (χ1n) is 9.20. The van der Waals surface area contributed by atoms with Crippen LogP contribution in [-0.2, 0) is 10.2 Å². The summed E-state index contributed by atoms with van der Waals surface area (Å²) in [6, 6.07) is 7.93. The molecule has 0 atom stereocenters. The zero-order valence-corrected chi connectivity index (χ0v) is 16.0. The zero-order chi connectivity index (χ0) is 18.4. The largest absolute Gasteiger partial charge is 0.355 e. The predicted molar refractivity (Wildman–Crippen MR) is 101 cm³/mol. The van der Waals surface area contributed by atoms with Crippen LogP contribution in [0.15, 0.2) is 24.3 Å². The van der Waals surface area contributed by atoms with Gasteiger partial charge in [0.2, 0.25) is 5.91 Å². The van der Waals surface area contributed by atoms with E-state index in [1.807, 2.05) is 36.1 Å². The standard InChI is InChI=1S/C20H31N3O2/c1-5-10-21-18(24)15-22-11-13-23(14-12-22)19(25)16-6-8-17(9-7-16)20(2,3)4/h6-9H,5,10-15H2,1-4H3,(H,21,24). The number of nitrogens with one attached hydrogen (secondary N) is 1. The van der Waals surface area contributed by atoms with Crippen molar-refractivity contribution in [3.8, 4) is 0 Å². The summed E-state index contributed by atoms with van der Waals surface area (Å²) in [6.07, 6.45) is 0.946. The van der Waals surface area contributed by atoms with Crippen LogP contribution in [0.3, 0.4) is 0 Å². The van der Waals surface area contributed by atoms with Crippen LogP contribution in [0.4, 0.5) is 0 Å². The van der Waals surface area contributed by atoms with E-state index in [9.17, 15) is 9.59 Å². The number of carbonyl (C=O) groups excluding carboxylic acids is 2. The summed E-state index contributed by atoms with van der Waals surface area (Å²) in [4.78, 5) is 28.4. The van der Waals surface area contributed by atoms with Gasteiger partial charge in [-0.1, -0.05) is 39.8 Å². The maximum absolute atomic E-state index is 12.7. The summed E-state index contributed by atoms with van der Waals surface area (Å²) in [5.74, 6) is 0.148. The van der Waals surface area contributed by atoms with Crippen molar-refractivity contribution in [2.24, 2.45) is 0 Å². The smallest absolute Gasteiger partial charge is 0.253 e. The van der Waals surface area contributed by atoms with E-state index < -0.39 is 0 Å². The normalized spacial score (nSPS) is 15.9. The quantitative estimate of drug-likeness (QED) is 0.891. The number of carbonyl (C=O) groups is 2. The summed E-state index contributed by atoms with van der Waals surface area (Å²) in [6.45, 7) is 12.5. The highest BCUT2D eigenvalue weighted by Crippen LogP contribution is 2.22. The molecule has 1 aliphatic heterocycles. The molecule has 1 fully saturated rings. The molecule has 0 spiro atoms. The second-order valence-electron chi connectivity index (χ2n) is 7.75. The number of hydrogen-bond acceptors (Lipinski definition) is 3. The molecule has 0 saturated carbocycles. The van der Waals surface area contributed by atoms with Crippen LogP contribution in [0, 0.1) is 0 Å². The molecule has 0 aromatic heterocycles. The number of rotatable bonds is 5. The van der Waals surface area contributed by atoms with Crippen LogP contribution >= 0.6 is 0 Å². The maximum Gasteiger partial charge on any atom is 0.253 e. The topological polar surface area (TPSA) is 52.7 Å². The highest BCUT2D eigenvalue weighted by molar-refractivity contribution is 5.94. The Hall–Kier alpha value is -1.88. The molecule has 1 aliphatic rings. The molecule has 0 aliphatic carbocycles. The van der Waals surface area contributed by atoms with E-state index in [0.717, 1.165) is 31.6 Å². The number of piperazine rings is 1. The molecular weight excluding hydrogens is 314 g/mol. The average molecular weight is 345 g/mol. The van der Waals surface area contributed by atoms with Gasteiger partial charge in [-0.25, -0.2) is 0 Å². The van der Waals surface area contributed by atoms with Gasteiger partial charge in [-0.2, -0.15) is 0 Å². The Labute approximate surface area is 151 Å². The van der Waals surface area contributed by atoms with Crippen molar-refractivity contribution in [2.75, 3.05) is 39.3 Å². The Bertz CT molecular complexity index is 582. The van der Waals surface area contributed by atoms with E-state index in [2.05, 4.69) is 31.0 Å². The predicted octanol–water partition coefficient (Wildman–Crippen LogP) is 2.27. The van der Waals surface area contributed by atoms with Crippen LogP contribution in [0.1, 0.15) is 50.0 Å². The maximum atomic E-state index is 12.7. The van der Waals surface area contributed by atoms with Gasteiger partial charge in [0.25, 0.3) is 5.91 Å². The summed E-state index contributed by atoms with van der Waals surface area (Å²) in [5, 5.41) is 2.90. The number of nitrogens with zero attached hydrogens (tertiary/aromatic N) is 2. The van der Waals surface area contributed by atoms with Gasteiger partial charge in [-0.05, 0) is 29.5 Å². The second kappa shape index (κ2) is 8.48. The molecule has 0 bridgehead atoms. The highest BCUT2D eigenvalue weighted by Gasteiger charge is 2.23. The molecule has 1 N–H and O–H groups in total. The van der Waals surface area contributed by atoms with E-state index >= 15 is 0 Å². The molecule has 0 unspecified atom stereocenters. The Morgan fingerprint density at radius 2 is 1.64 bits per heavy atom. The fourth-order valence-corrected chi connectivity index (χ4v) is 2.93. The lowest BCUT2D eigenvalue weighted by Gasteiger charge is -2.34. The summed E-state index contributed by atoms with van der Waals surface area (Å²) in [7, 11) is 0. The van der Waals surface area contributed by atoms with Crippen molar-refractivity contribution in [3.63, 3.8) is 0 Å². The van der Waals surface area contributed by atoms with E-state index in [0.29, 0.717) is 19.6 Å². The summed E-state index contributed by atoms with van der Waals surface area (Å²) in [5.41, 5.74) is 2.06. The molecule has 0 radical (unpaired) electrons. The fourth-order valence-electron chi connectivity index (χ4n) is 2.93. The SMILES string of the molecule is CCCNC(=O)CN1CCN(C(=O)c2ccc(C(C)(C)C)cc2)CC1. The van der Waals surface area contributed by atoms with Crippen LogP contribution in [-0.4, -0.2) is 60.9 Å². The molecule has 5 nitrogen and oxygen atoms in total. The van der Waals surface area contributed by atoms with Gasteiger partial charge < -0.3 is 10.2 Å². The molecular formula is C20H31N3O2. The van der Waals surface area contributed by atoms with Gasteiger partial charge in [0, 0.05) is 38.3 Å². The summed E-state index contributed by atoms with van der Waals surface area (Å²) < 4.78 is 0. The third-order valence-electron chi connectivity index (χ3n) is 4.60. The Balaban J connectivity index is 1.86. The Kier molecular flexibility index (Phi) is 6.59. The number of hydrogen-bond donors (Lipinski definition) is 1. The minimum Gasteiger partial charge on any atom is -0.355 e. The van der Waals surface area contributed by atoms with Crippen molar-refractivity contribution >= 4 is 11.8 Å². The first-order chi connectivity index (χ1) is 11.8. The van der Waals surface area contributed by atoms with Gasteiger partial charge >= 0.3 is 0 Å². The molecule has 25 heavy (non-hydrogen) atoms. The van der Waals surface area contributed by atoms with Crippen molar-refractivity contribution in [1.82, 2.24) is 15.1 Å². The van der Waals surface area contributed by atoms with E-state index in [-0.39, 0.29) is 17.2 Å². The third-order valence-corrected chi connectivity index (χ3v) is 4.60. The number of benzene rings is 1. The minimum atomic E-state index is 0.0689. The minimum absolute atomic E-state index is 0.0689. The van der Waals surface area contributed by atoms with Crippen LogP contribution in [0.5, 0.6) is 0 Å². The van der Waals surface area contributed by atoms with Gasteiger partial charge in [-0.15, -0.1) is 0 Å². The second-order valence-corrected chi connectivity index (χ2v) is 7.75. The third kappa shape index (κ3) is 5.56. The monoisotopic (exact) mass is 345 g/mol. The number of amides is 2. The first-order valence-corrected chi connectivity index (χ1v) is 9.20. The van der Waals surface area contributed by atoms with Crippen molar-refractivity contribution in [1.29, 1.82) is 0 Å².